The first-order valence-corrected chi connectivity index (χ1v) is 6.60. The number of ether oxygens (including phenoxy) is 2. The minimum atomic E-state index is -4.66. The normalized spacial score (nSPS) is 11.0. The number of rotatable bonds is 5. The molecule has 2 aromatic rings. The summed E-state index contributed by atoms with van der Waals surface area (Å²) in [7, 11) is 2.77. The Morgan fingerprint density at radius 2 is 1.83 bits per heavy atom. The van der Waals surface area contributed by atoms with Gasteiger partial charge in [-0.3, -0.25) is 9.78 Å². The van der Waals surface area contributed by atoms with Gasteiger partial charge >= 0.3 is 6.18 Å². The number of carbonyl (C=O) groups is 1. The molecule has 0 aliphatic rings. The molecule has 0 bridgehead atoms. The van der Waals surface area contributed by atoms with Crippen molar-refractivity contribution in [1.82, 2.24) is 20.3 Å². The van der Waals surface area contributed by atoms with Gasteiger partial charge in [0.2, 0.25) is 11.8 Å². The van der Waals surface area contributed by atoms with E-state index >= 15 is 0 Å². The Labute approximate surface area is 134 Å². The first-order valence-electron chi connectivity index (χ1n) is 6.60. The van der Waals surface area contributed by atoms with E-state index in [0.29, 0.717) is 0 Å². The second-order valence-electron chi connectivity index (χ2n) is 4.47. The minimum absolute atomic E-state index is 0.122. The number of alkyl halides is 3. The monoisotopic (exact) mass is 342 g/mol. The van der Waals surface area contributed by atoms with Crippen LogP contribution in [0.4, 0.5) is 13.2 Å². The van der Waals surface area contributed by atoms with Crippen LogP contribution in [0.2, 0.25) is 0 Å². The molecule has 2 heterocycles. The van der Waals surface area contributed by atoms with Gasteiger partial charge in [-0.1, -0.05) is 0 Å². The highest BCUT2D eigenvalue weighted by atomic mass is 19.4. The third-order valence-electron chi connectivity index (χ3n) is 2.92. The Kier molecular flexibility index (Phi) is 5.17. The Balaban J connectivity index is 2.17. The van der Waals surface area contributed by atoms with Gasteiger partial charge in [-0.05, 0) is 6.07 Å². The quantitative estimate of drug-likeness (QED) is 0.892. The molecule has 0 atom stereocenters. The lowest BCUT2D eigenvalue weighted by Gasteiger charge is -2.12. The topological polar surface area (TPSA) is 86.2 Å². The van der Waals surface area contributed by atoms with Crippen molar-refractivity contribution in [2.24, 2.45) is 0 Å². The molecule has 0 fully saturated rings. The zero-order chi connectivity index (χ0) is 17.7. The first-order chi connectivity index (χ1) is 11.3. The van der Waals surface area contributed by atoms with Crippen LogP contribution in [0, 0.1) is 0 Å². The summed E-state index contributed by atoms with van der Waals surface area (Å²) in [4.78, 5) is 23.5. The lowest BCUT2D eigenvalue weighted by molar-refractivity contribution is -0.138. The molecule has 0 spiro atoms. The average Bonchev–Trinajstić information content (AvgIpc) is 2.58. The Hall–Kier alpha value is -2.91. The maximum absolute atomic E-state index is 12.9. The molecule has 0 radical (unpaired) electrons. The number of halogens is 3. The molecule has 1 N–H and O–H groups in total. The van der Waals surface area contributed by atoms with Crippen LogP contribution in [0.15, 0.2) is 24.5 Å². The number of nitrogens with zero attached hydrogens (tertiary/aromatic N) is 3. The van der Waals surface area contributed by atoms with Gasteiger partial charge < -0.3 is 14.8 Å². The molecule has 10 heteroatoms. The maximum atomic E-state index is 12.9. The summed E-state index contributed by atoms with van der Waals surface area (Å²) in [6, 6.07) is 2.16. The molecule has 1 amide bonds. The molecular formula is C14H13F3N4O3. The van der Waals surface area contributed by atoms with Crippen molar-refractivity contribution >= 4 is 5.91 Å². The van der Waals surface area contributed by atoms with Crippen molar-refractivity contribution in [3.8, 4) is 11.8 Å². The smallest absolute Gasteiger partial charge is 0.417 e. The molecule has 0 saturated carbocycles. The fourth-order valence-electron chi connectivity index (χ4n) is 1.81. The number of hydrogen-bond acceptors (Lipinski definition) is 6. The number of methoxy groups -OCH3 is 2. The summed E-state index contributed by atoms with van der Waals surface area (Å²) in [6.07, 6.45) is -2.84. The average molecular weight is 342 g/mol. The molecule has 128 valence electrons. The summed E-state index contributed by atoms with van der Waals surface area (Å²) in [6.45, 7) is -0.210. The number of nitrogens with one attached hydrogen (secondary N) is 1. The number of amides is 1. The Morgan fingerprint density at radius 1 is 1.21 bits per heavy atom. The predicted molar refractivity (Wildman–Crippen MR) is 75.5 cm³/mol. The molecule has 0 aliphatic heterocycles. The molecule has 0 saturated heterocycles. The van der Waals surface area contributed by atoms with Crippen LogP contribution in [0.25, 0.3) is 0 Å². The zero-order valence-corrected chi connectivity index (χ0v) is 12.7. The van der Waals surface area contributed by atoms with Gasteiger partial charge in [0.15, 0.2) is 5.82 Å². The van der Waals surface area contributed by atoms with E-state index in [1.807, 2.05) is 0 Å². The lowest BCUT2D eigenvalue weighted by Crippen LogP contribution is -2.27. The van der Waals surface area contributed by atoms with E-state index in [1.165, 1.54) is 20.3 Å². The van der Waals surface area contributed by atoms with E-state index in [1.54, 1.807) is 0 Å². The fourth-order valence-corrected chi connectivity index (χ4v) is 1.81. The van der Waals surface area contributed by atoms with Gasteiger partial charge in [-0.15, -0.1) is 0 Å². The van der Waals surface area contributed by atoms with Crippen molar-refractivity contribution in [3.63, 3.8) is 0 Å². The lowest BCUT2D eigenvalue weighted by atomic mass is 10.1. The number of hydrogen-bond donors (Lipinski definition) is 1. The molecule has 24 heavy (non-hydrogen) atoms. The standard InChI is InChI=1S/C14H13F3N4O3/c1-23-11-5-12(24-2)21-10(20-11)7-19-13(22)8-6-18-4-3-9(8)14(15,16)17/h3-6H,7H2,1-2H3,(H,19,22). The fraction of sp³-hybridized carbons (Fsp3) is 0.286. The Morgan fingerprint density at radius 3 is 2.38 bits per heavy atom. The largest absolute Gasteiger partial charge is 0.481 e. The van der Waals surface area contributed by atoms with Crippen LogP contribution in [-0.4, -0.2) is 35.1 Å². The summed E-state index contributed by atoms with van der Waals surface area (Å²) in [5.41, 5.74) is -1.65. The molecule has 0 aliphatic carbocycles. The first kappa shape index (κ1) is 17.4. The predicted octanol–water partition coefficient (Wildman–Crippen LogP) is 1.84. The number of carbonyl (C=O) groups excluding carboxylic acids is 1. The summed E-state index contributed by atoms with van der Waals surface area (Å²) < 4.78 is 48.6. The summed E-state index contributed by atoms with van der Waals surface area (Å²) in [5.74, 6) is -0.426. The van der Waals surface area contributed by atoms with E-state index in [-0.39, 0.29) is 24.1 Å². The van der Waals surface area contributed by atoms with Gasteiger partial charge in [0.1, 0.15) is 0 Å². The van der Waals surface area contributed by atoms with E-state index in [2.05, 4.69) is 20.3 Å². The van der Waals surface area contributed by atoms with Crippen molar-refractivity contribution < 1.29 is 27.4 Å². The van der Waals surface area contributed by atoms with Gasteiger partial charge in [-0.25, -0.2) is 0 Å². The molecule has 2 aromatic heterocycles. The minimum Gasteiger partial charge on any atom is -0.481 e. The third-order valence-corrected chi connectivity index (χ3v) is 2.92. The van der Waals surface area contributed by atoms with Crippen molar-refractivity contribution in [2.75, 3.05) is 14.2 Å². The maximum Gasteiger partial charge on any atom is 0.417 e. The van der Waals surface area contributed by atoms with E-state index in [4.69, 9.17) is 9.47 Å². The van der Waals surface area contributed by atoms with Crippen LogP contribution in [-0.2, 0) is 12.7 Å². The van der Waals surface area contributed by atoms with Crippen LogP contribution in [0.1, 0.15) is 21.7 Å². The molecule has 2 rings (SSSR count). The summed E-state index contributed by atoms with van der Waals surface area (Å²) in [5, 5.41) is 2.32. The highest BCUT2D eigenvalue weighted by Crippen LogP contribution is 2.31. The molecule has 7 nitrogen and oxygen atoms in total. The molecule has 0 unspecified atom stereocenters. The highest BCUT2D eigenvalue weighted by molar-refractivity contribution is 5.95. The zero-order valence-electron chi connectivity index (χ0n) is 12.7. The molecule has 0 aromatic carbocycles. The van der Waals surface area contributed by atoms with Gasteiger partial charge in [0.05, 0.1) is 38.0 Å². The van der Waals surface area contributed by atoms with Gasteiger partial charge in [-0.2, -0.15) is 23.1 Å². The number of pyridine rings is 1. The SMILES string of the molecule is COc1cc(OC)nc(CNC(=O)c2cnccc2C(F)(F)F)n1. The van der Waals surface area contributed by atoms with Gasteiger partial charge in [0.25, 0.3) is 5.91 Å². The second kappa shape index (κ2) is 7.11. The van der Waals surface area contributed by atoms with Crippen molar-refractivity contribution in [1.29, 1.82) is 0 Å². The van der Waals surface area contributed by atoms with Gasteiger partial charge in [0, 0.05) is 12.4 Å². The molecular weight excluding hydrogens is 329 g/mol. The van der Waals surface area contributed by atoms with Crippen molar-refractivity contribution in [3.05, 3.63) is 41.5 Å². The summed E-state index contributed by atoms with van der Waals surface area (Å²) >= 11 is 0. The number of aromatic nitrogens is 3. The van der Waals surface area contributed by atoms with Crippen LogP contribution < -0.4 is 14.8 Å². The second-order valence-corrected chi connectivity index (χ2v) is 4.47. The van der Waals surface area contributed by atoms with Crippen LogP contribution in [0.5, 0.6) is 11.8 Å². The highest BCUT2D eigenvalue weighted by Gasteiger charge is 2.35. The van der Waals surface area contributed by atoms with Crippen LogP contribution in [0.3, 0.4) is 0 Å². The van der Waals surface area contributed by atoms with Crippen LogP contribution >= 0.6 is 0 Å². The van der Waals surface area contributed by atoms with E-state index in [0.717, 1.165) is 18.5 Å². The third kappa shape index (κ3) is 4.09. The van der Waals surface area contributed by atoms with E-state index in [9.17, 15) is 18.0 Å². The van der Waals surface area contributed by atoms with E-state index < -0.39 is 23.2 Å². The Bertz CT molecular complexity index is 715. The van der Waals surface area contributed by atoms with Crippen molar-refractivity contribution in [2.45, 2.75) is 12.7 Å².